The van der Waals surface area contributed by atoms with Crippen molar-refractivity contribution in [1.82, 2.24) is 10.2 Å². The number of fused-ring (bicyclic) bond motifs is 2. The normalized spacial score (nSPS) is 26.5. The molecule has 0 aromatic heterocycles. The molecular weight excluding hydrogens is 496 g/mol. The third-order valence-electron chi connectivity index (χ3n) is 9.57. The second-order valence-electron chi connectivity index (χ2n) is 12.1. The first-order valence-electron chi connectivity index (χ1n) is 15.9. The lowest BCUT2D eigenvalue weighted by molar-refractivity contribution is -0.0449. The molecule has 1 saturated carbocycles. The number of hydrogen-bond acceptors (Lipinski definition) is 5. The molecule has 2 aromatic carbocycles. The fraction of sp³-hybridized carbons (Fsp3) is 0.657. The van der Waals surface area contributed by atoms with E-state index in [1.807, 2.05) is 21.0 Å². The Morgan fingerprint density at radius 1 is 1.10 bits per heavy atom. The molecule has 5 nitrogen and oxygen atoms in total. The van der Waals surface area contributed by atoms with Crippen LogP contribution < -0.4 is 14.8 Å². The minimum atomic E-state index is -0.0710. The molecule has 4 unspecified atom stereocenters. The van der Waals surface area contributed by atoms with Gasteiger partial charge in [0.05, 0.1) is 13.7 Å². The zero-order valence-corrected chi connectivity index (χ0v) is 26.2. The standard InChI is InChI=1S/C33H48N2O3.C2H6/c1-6-27-14-15-29(37-5)32-31(27)33(30(38-32)22-36-4)16-17-35(21-26-12-13-26)24(3)28(33)18-23(2)19-34-20-25-10-8-7-9-11-25;1-2/h7-11,14-15,23-24,26,28,30,34H,6,12-13,16-22H2,1-5H3;1-2H3/t23?,24?,28?,30-,33?;/m0./s1. The van der Waals surface area contributed by atoms with Crippen LogP contribution in [0.4, 0.5) is 0 Å². The van der Waals surface area contributed by atoms with E-state index in [0.29, 0.717) is 24.5 Å². The molecule has 1 saturated heterocycles. The van der Waals surface area contributed by atoms with Crippen LogP contribution in [0.15, 0.2) is 42.5 Å². The summed E-state index contributed by atoms with van der Waals surface area (Å²) >= 11 is 0. The topological polar surface area (TPSA) is 43.0 Å². The van der Waals surface area contributed by atoms with Crippen molar-refractivity contribution in [2.75, 3.05) is 40.5 Å². The molecular formula is C35H54N2O3. The van der Waals surface area contributed by atoms with Gasteiger partial charge in [-0.2, -0.15) is 0 Å². The van der Waals surface area contributed by atoms with Crippen molar-refractivity contribution in [3.63, 3.8) is 0 Å². The highest BCUT2D eigenvalue weighted by Gasteiger charge is 2.59. The third-order valence-corrected chi connectivity index (χ3v) is 9.57. The van der Waals surface area contributed by atoms with Gasteiger partial charge in [-0.25, -0.2) is 0 Å². The van der Waals surface area contributed by atoms with Gasteiger partial charge in [0.1, 0.15) is 6.10 Å². The lowest BCUT2D eigenvalue weighted by atomic mass is 9.58. The molecule has 5 heteroatoms. The molecule has 0 radical (unpaired) electrons. The number of likely N-dealkylation sites (tertiary alicyclic amines) is 1. The van der Waals surface area contributed by atoms with E-state index < -0.39 is 0 Å². The van der Waals surface area contributed by atoms with Gasteiger partial charge in [0.2, 0.25) is 0 Å². The van der Waals surface area contributed by atoms with Crippen LogP contribution in [-0.2, 0) is 23.1 Å². The largest absolute Gasteiger partial charge is 0.493 e. The SMILES string of the molecule is CC.CCc1ccc(OC)c2c1C1(CCN(CC3CC3)C(C)C1CC(C)CNCc1ccccc1)[C@H](COC)O2. The van der Waals surface area contributed by atoms with Crippen LogP contribution in [0.1, 0.15) is 77.0 Å². The number of nitrogens with one attached hydrogen (secondary N) is 1. The maximum atomic E-state index is 6.85. The van der Waals surface area contributed by atoms with E-state index in [1.165, 1.54) is 36.1 Å². The molecule has 5 atom stereocenters. The summed E-state index contributed by atoms with van der Waals surface area (Å²) in [5, 5.41) is 3.75. The fourth-order valence-corrected chi connectivity index (χ4v) is 7.41. The van der Waals surface area contributed by atoms with Crippen LogP contribution in [-0.4, -0.2) is 57.5 Å². The van der Waals surface area contributed by atoms with E-state index in [4.69, 9.17) is 14.2 Å². The minimum absolute atomic E-state index is 0.00380. The summed E-state index contributed by atoms with van der Waals surface area (Å²) in [5.41, 5.74) is 4.09. The van der Waals surface area contributed by atoms with Crippen molar-refractivity contribution in [3.05, 3.63) is 59.2 Å². The number of ether oxygens (including phenoxy) is 3. The summed E-state index contributed by atoms with van der Waals surface area (Å²) in [6.07, 6.45) is 6.07. The smallest absolute Gasteiger partial charge is 0.165 e. The summed E-state index contributed by atoms with van der Waals surface area (Å²) in [6, 6.07) is 15.6. The summed E-state index contributed by atoms with van der Waals surface area (Å²) in [4.78, 5) is 2.80. The number of aryl methyl sites for hydroxylation is 1. The lowest BCUT2D eigenvalue weighted by Crippen LogP contribution is -2.60. The van der Waals surface area contributed by atoms with Crippen molar-refractivity contribution in [2.24, 2.45) is 17.8 Å². The van der Waals surface area contributed by atoms with Crippen LogP contribution in [0, 0.1) is 17.8 Å². The number of piperidine rings is 1. The van der Waals surface area contributed by atoms with E-state index in [-0.39, 0.29) is 11.5 Å². The second-order valence-corrected chi connectivity index (χ2v) is 12.1. The van der Waals surface area contributed by atoms with Gasteiger partial charge < -0.3 is 24.4 Å². The van der Waals surface area contributed by atoms with Gasteiger partial charge in [-0.1, -0.05) is 64.1 Å². The number of methoxy groups -OCH3 is 2. The monoisotopic (exact) mass is 550 g/mol. The first-order valence-corrected chi connectivity index (χ1v) is 15.9. The second kappa shape index (κ2) is 14.2. The zero-order chi connectivity index (χ0) is 28.7. The number of hydrogen-bond donors (Lipinski definition) is 1. The first kappa shape index (κ1) is 30.9. The molecule has 1 N–H and O–H groups in total. The quantitative estimate of drug-likeness (QED) is 0.313. The van der Waals surface area contributed by atoms with Crippen molar-refractivity contribution in [3.8, 4) is 11.5 Å². The predicted octanol–water partition coefficient (Wildman–Crippen LogP) is 6.87. The molecule has 2 aliphatic heterocycles. The molecule has 2 heterocycles. The van der Waals surface area contributed by atoms with E-state index in [2.05, 4.69) is 73.5 Å². The van der Waals surface area contributed by atoms with Gasteiger partial charge in [0, 0.05) is 37.2 Å². The Morgan fingerprint density at radius 2 is 1.85 bits per heavy atom. The van der Waals surface area contributed by atoms with E-state index in [1.54, 1.807) is 7.11 Å². The highest BCUT2D eigenvalue weighted by molar-refractivity contribution is 5.59. The van der Waals surface area contributed by atoms with E-state index in [0.717, 1.165) is 56.3 Å². The lowest BCUT2D eigenvalue weighted by Gasteiger charge is -2.53. The van der Waals surface area contributed by atoms with Gasteiger partial charge >= 0.3 is 0 Å². The van der Waals surface area contributed by atoms with E-state index in [9.17, 15) is 0 Å². The maximum absolute atomic E-state index is 6.85. The maximum Gasteiger partial charge on any atom is 0.165 e. The Labute approximate surface area is 244 Å². The molecule has 3 aliphatic rings. The zero-order valence-electron chi connectivity index (χ0n) is 26.2. The van der Waals surface area contributed by atoms with Crippen LogP contribution >= 0.6 is 0 Å². The highest BCUT2D eigenvalue weighted by Crippen LogP contribution is 2.59. The molecule has 222 valence electrons. The molecule has 1 aliphatic carbocycles. The predicted molar refractivity (Wildman–Crippen MR) is 165 cm³/mol. The highest BCUT2D eigenvalue weighted by atomic mass is 16.5. The molecule has 0 bridgehead atoms. The van der Waals surface area contributed by atoms with Crippen molar-refractivity contribution in [1.29, 1.82) is 0 Å². The Kier molecular flexibility index (Phi) is 11.0. The summed E-state index contributed by atoms with van der Waals surface area (Å²) in [6.45, 7) is 16.1. The Balaban J connectivity index is 0.00000181. The molecule has 1 spiro atoms. The van der Waals surface area contributed by atoms with Crippen molar-refractivity contribution in [2.45, 2.75) is 90.8 Å². The van der Waals surface area contributed by atoms with Crippen molar-refractivity contribution >= 4 is 0 Å². The molecule has 0 amide bonds. The van der Waals surface area contributed by atoms with Gasteiger partial charge in [-0.15, -0.1) is 0 Å². The fourth-order valence-electron chi connectivity index (χ4n) is 7.41. The number of benzene rings is 2. The molecule has 40 heavy (non-hydrogen) atoms. The molecule has 5 rings (SSSR count). The van der Waals surface area contributed by atoms with Gasteiger partial charge in [-0.3, -0.25) is 0 Å². The summed E-state index contributed by atoms with van der Waals surface area (Å²) in [7, 11) is 3.58. The Bertz CT molecular complexity index is 1060. The first-order chi connectivity index (χ1) is 19.5. The van der Waals surface area contributed by atoms with Gasteiger partial charge in [-0.05, 0) is 87.1 Å². The molecule has 2 fully saturated rings. The summed E-state index contributed by atoms with van der Waals surface area (Å²) < 4.78 is 18.5. The van der Waals surface area contributed by atoms with Crippen LogP contribution in [0.5, 0.6) is 11.5 Å². The number of rotatable bonds is 12. The third kappa shape index (κ3) is 6.37. The molecule has 2 aromatic rings. The van der Waals surface area contributed by atoms with Crippen LogP contribution in [0.2, 0.25) is 0 Å². The Morgan fingerprint density at radius 3 is 2.50 bits per heavy atom. The van der Waals surface area contributed by atoms with Gasteiger partial charge in [0.15, 0.2) is 11.5 Å². The van der Waals surface area contributed by atoms with Crippen LogP contribution in [0.25, 0.3) is 0 Å². The minimum Gasteiger partial charge on any atom is -0.493 e. The van der Waals surface area contributed by atoms with Crippen LogP contribution in [0.3, 0.4) is 0 Å². The average molecular weight is 551 g/mol. The summed E-state index contributed by atoms with van der Waals surface area (Å²) in [5.74, 6) is 3.75. The van der Waals surface area contributed by atoms with Crippen molar-refractivity contribution < 1.29 is 14.2 Å². The average Bonchev–Trinajstić information content (AvgIpc) is 3.75. The van der Waals surface area contributed by atoms with Gasteiger partial charge in [0.25, 0.3) is 0 Å². The Hall–Kier alpha value is -2.08. The van der Waals surface area contributed by atoms with E-state index >= 15 is 0 Å². The number of nitrogens with zero attached hydrogens (tertiary/aromatic N) is 1.